The number of ketones is 2. The molecule has 0 unspecified atom stereocenters. The van der Waals surface area contributed by atoms with E-state index in [1.807, 2.05) is 19.0 Å². The average Bonchev–Trinajstić information content (AvgIpc) is 2.68. The fourth-order valence-corrected chi connectivity index (χ4v) is 5.58. The van der Waals surface area contributed by atoms with Crippen LogP contribution in [0.3, 0.4) is 0 Å². The molecule has 8 heteroatoms. The molecule has 0 amide bonds. The third-order valence-electron chi connectivity index (χ3n) is 7.06. The normalized spacial score (nSPS) is 30.4. The van der Waals surface area contributed by atoms with Gasteiger partial charge in [0, 0.05) is 36.8 Å². The summed E-state index contributed by atoms with van der Waals surface area (Å²) in [6.45, 7) is 1.40. The number of aliphatic hydroxyl groups excluding tert-OH is 2. The van der Waals surface area contributed by atoms with Gasteiger partial charge in [-0.2, -0.15) is 0 Å². The Morgan fingerprint density at radius 3 is 2.29 bits per heavy atom. The summed E-state index contributed by atoms with van der Waals surface area (Å²) >= 11 is 0. The molecule has 0 saturated heterocycles. The van der Waals surface area contributed by atoms with Crippen molar-refractivity contribution >= 4 is 17.3 Å². The fourth-order valence-electron chi connectivity index (χ4n) is 5.58. The summed E-state index contributed by atoms with van der Waals surface area (Å²) in [6, 6.07) is 2.48. The SMILES string of the molecule is CC1=C(O)[C@@H](N(C)C)[C@@H]2C[C@@H]3Cc4c(N(C)C)ccc(O)c4C(=O)C3=C(O)[C@]2(O)C1=O. The number of likely N-dealkylation sites (N-methyl/N-ethyl adjacent to an activating group) is 1. The zero-order chi connectivity index (χ0) is 23.0. The van der Waals surface area contributed by atoms with E-state index < -0.39 is 40.8 Å². The number of phenols is 1. The van der Waals surface area contributed by atoms with Gasteiger partial charge >= 0.3 is 0 Å². The van der Waals surface area contributed by atoms with Crippen LogP contribution in [0.1, 0.15) is 29.3 Å². The largest absolute Gasteiger partial charge is 0.510 e. The Morgan fingerprint density at radius 1 is 1.06 bits per heavy atom. The van der Waals surface area contributed by atoms with Crippen LogP contribution in [0.4, 0.5) is 5.69 Å². The van der Waals surface area contributed by atoms with E-state index >= 15 is 0 Å². The zero-order valence-electron chi connectivity index (χ0n) is 18.3. The molecule has 166 valence electrons. The van der Waals surface area contributed by atoms with E-state index in [9.17, 15) is 30.0 Å². The molecule has 8 nitrogen and oxygen atoms in total. The van der Waals surface area contributed by atoms with Gasteiger partial charge in [0.1, 0.15) is 17.3 Å². The van der Waals surface area contributed by atoms with Crippen LogP contribution in [0.2, 0.25) is 0 Å². The van der Waals surface area contributed by atoms with Crippen molar-refractivity contribution in [2.24, 2.45) is 11.8 Å². The summed E-state index contributed by atoms with van der Waals surface area (Å²) < 4.78 is 0. The topological polar surface area (TPSA) is 122 Å². The second kappa shape index (κ2) is 6.83. The van der Waals surface area contributed by atoms with E-state index in [1.165, 1.54) is 13.0 Å². The van der Waals surface area contributed by atoms with Crippen LogP contribution in [0, 0.1) is 11.8 Å². The average molecular weight is 428 g/mol. The number of benzene rings is 1. The maximum atomic E-state index is 13.5. The zero-order valence-corrected chi connectivity index (χ0v) is 18.3. The Morgan fingerprint density at radius 2 is 1.71 bits per heavy atom. The van der Waals surface area contributed by atoms with Crippen molar-refractivity contribution in [3.05, 3.63) is 45.9 Å². The van der Waals surface area contributed by atoms with Gasteiger partial charge in [0.15, 0.2) is 11.4 Å². The highest BCUT2D eigenvalue weighted by atomic mass is 16.3. The molecular weight excluding hydrogens is 400 g/mol. The minimum Gasteiger partial charge on any atom is -0.510 e. The lowest BCUT2D eigenvalue weighted by Crippen LogP contribution is -2.62. The van der Waals surface area contributed by atoms with Gasteiger partial charge in [0.2, 0.25) is 5.78 Å². The second-order valence-electron chi connectivity index (χ2n) is 9.20. The molecule has 3 aliphatic rings. The molecule has 0 aliphatic heterocycles. The van der Waals surface area contributed by atoms with Crippen molar-refractivity contribution in [2.45, 2.75) is 31.4 Å². The van der Waals surface area contributed by atoms with E-state index in [0.717, 1.165) is 5.69 Å². The number of nitrogens with zero attached hydrogens (tertiary/aromatic N) is 2. The molecule has 0 radical (unpaired) electrons. The summed E-state index contributed by atoms with van der Waals surface area (Å²) in [6.07, 6.45) is 0.572. The van der Waals surface area contributed by atoms with E-state index in [-0.39, 0.29) is 34.6 Å². The van der Waals surface area contributed by atoms with Gasteiger partial charge < -0.3 is 25.3 Å². The quantitative estimate of drug-likeness (QED) is 0.562. The van der Waals surface area contributed by atoms with Crippen molar-refractivity contribution in [3.8, 4) is 5.75 Å². The standard InChI is InChI=1S/C23H28N2O6/c1-10-19(27)18(25(4)5)13-9-11-8-12-14(24(2)3)6-7-15(26)17(12)20(28)16(11)22(30)23(13,31)21(10)29/h6-7,11,13,18,26-27,30-31H,8-9H2,1-5H3/t11-,13-,18-,23+/m0/s1. The van der Waals surface area contributed by atoms with Crippen LogP contribution < -0.4 is 4.90 Å². The van der Waals surface area contributed by atoms with Gasteiger partial charge in [0.25, 0.3) is 0 Å². The number of rotatable bonds is 2. The number of hydrogen-bond donors (Lipinski definition) is 4. The molecule has 4 atom stereocenters. The summed E-state index contributed by atoms with van der Waals surface area (Å²) in [5.74, 6) is -3.68. The van der Waals surface area contributed by atoms with Crippen molar-refractivity contribution in [3.63, 3.8) is 0 Å². The third kappa shape index (κ3) is 2.68. The molecule has 0 spiro atoms. The maximum absolute atomic E-state index is 13.5. The van der Waals surface area contributed by atoms with Crippen LogP contribution in [0.25, 0.3) is 0 Å². The molecule has 31 heavy (non-hydrogen) atoms. The highest BCUT2D eigenvalue weighted by Gasteiger charge is 2.61. The highest BCUT2D eigenvalue weighted by Crippen LogP contribution is 2.52. The van der Waals surface area contributed by atoms with Crippen LogP contribution in [-0.4, -0.2) is 76.7 Å². The first-order chi connectivity index (χ1) is 14.4. The van der Waals surface area contributed by atoms with Gasteiger partial charge in [-0.25, -0.2) is 0 Å². The van der Waals surface area contributed by atoms with E-state index in [0.29, 0.717) is 12.0 Å². The molecule has 3 aliphatic carbocycles. The fraction of sp³-hybridized carbons (Fsp3) is 0.478. The van der Waals surface area contributed by atoms with Gasteiger partial charge in [-0.3, -0.25) is 14.5 Å². The molecule has 1 aromatic carbocycles. The number of carbonyl (C=O) groups is 2. The van der Waals surface area contributed by atoms with E-state index in [4.69, 9.17) is 0 Å². The van der Waals surface area contributed by atoms with Crippen molar-refractivity contribution < 1.29 is 30.0 Å². The van der Waals surface area contributed by atoms with Crippen LogP contribution >= 0.6 is 0 Å². The van der Waals surface area contributed by atoms with Gasteiger partial charge in [-0.15, -0.1) is 0 Å². The summed E-state index contributed by atoms with van der Waals surface area (Å²) in [7, 11) is 7.13. The smallest absolute Gasteiger partial charge is 0.201 e. The number of fused-ring (bicyclic) bond motifs is 3. The number of aromatic hydroxyl groups is 1. The number of aliphatic hydroxyl groups is 3. The summed E-state index contributed by atoms with van der Waals surface area (Å²) in [4.78, 5) is 30.1. The summed E-state index contributed by atoms with van der Waals surface area (Å²) in [5.41, 5.74) is -0.834. The monoisotopic (exact) mass is 428 g/mol. The lowest BCUT2D eigenvalue weighted by molar-refractivity contribution is -0.147. The molecule has 0 heterocycles. The predicted octanol–water partition coefficient (Wildman–Crippen LogP) is 1.72. The number of anilines is 1. The molecule has 0 fully saturated rings. The lowest BCUT2D eigenvalue weighted by atomic mass is 9.58. The second-order valence-corrected chi connectivity index (χ2v) is 9.20. The number of phenolic OH excluding ortho intramolecular Hbond substituents is 1. The van der Waals surface area contributed by atoms with Crippen molar-refractivity contribution in [1.82, 2.24) is 4.90 Å². The molecule has 0 aromatic heterocycles. The predicted molar refractivity (Wildman–Crippen MR) is 114 cm³/mol. The number of Topliss-reactive ketones (excluding diaryl/α,β-unsaturated/α-hetero) is 2. The Hall–Kier alpha value is -2.84. The Kier molecular flexibility index (Phi) is 4.71. The Bertz CT molecular complexity index is 1070. The van der Waals surface area contributed by atoms with E-state index in [1.54, 1.807) is 25.1 Å². The summed E-state index contributed by atoms with van der Waals surface area (Å²) in [5, 5.41) is 43.8. The first-order valence-corrected chi connectivity index (χ1v) is 10.3. The highest BCUT2D eigenvalue weighted by molar-refractivity contribution is 6.16. The molecule has 0 bridgehead atoms. The van der Waals surface area contributed by atoms with E-state index in [2.05, 4.69) is 0 Å². The van der Waals surface area contributed by atoms with Gasteiger partial charge in [0.05, 0.1) is 11.6 Å². The Labute approximate surface area is 180 Å². The van der Waals surface area contributed by atoms with Crippen LogP contribution in [-0.2, 0) is 11.2 Å². The van der Waals surface area contributed by atoms with Crippen molar-refractivity contribution in [1.29, 1.82) is 0 Å². The van der Waals surface area contributed by atoms with Crippen molar-refractivity contribution in [2.75, 3.05) is 33.1 Å². The third-order valence-corrected chi connectivity index (χ3v) is 7.06. The number of hydrogen-bond acceptors (Lipinski definition) is 8. The van der Waals surface area contributed by atoms with Crippen LogP contribution in [0.15, 0.2) is 34.8 Å². The molecule has 4 N–H and O–H groups in total. The molecule has 1 aromatic rings. The van der Waals surface area contributed by atoms with Gasteiger partial charge in [-0.05, 0) is 57.5 Å². The first kappa shape index (κ1) is 21.4. The number of carbonyl (C=O) groups excluding carboxylic acids is 2. The van der Waals surface area contributed by atoms with Crippen LogP contribution in [0.5, 0.6) is 5.75 Å². The molecular formula is C23H28N2O6. The Balaban J connectivity index is 1.96. The minimum absolute atomic E-state index is 0.0301. The minimum atomic E-state index is -2.31. The maximum Gasteiger partial charge on any atom is 0.201 e. The first-order valence-electron chi connectivity index (χ1n) is 10.3. The molecule has 0 saturated carbocycles. The van der Waals surface area contributed by atoms with Gasteiger partial charge in [-0.1, -0.05) is 0 Å². The molecule has 4 rings (SSSR count). The number of allylic oxidation sites excluding steroid dienone is 1. The lowest BCUT2D eigenvalue weighted by Gasteiger charge is -2.50.